The molecule has 4 heteroatoms. The number of benzene rings is 1. The minimum absolute atomic E-state index is 0.297. The molecular formula is C16H20N2O2. The standard InChI is InChI=1S/C16H20N2O2/c1-18-9-5-14(6-10-18)20-15-4-2-3-13(11-15)16(7-8-16)17-12-19/h2-4,11,14H,5-10H2,1H3. The summed E-state index contributed by atoms with van der Waals surface area (Å²) in [5.74, 6) is 0.893. The molecule has 0 aromatic heterocycles. The number of ether oxygens (including phenoxy) is 1. The summed E-state index contributed by atoms with van der Waals surface area (Å²) in [6, 6.07) is 8.03. The summed E-state index contributed by atoms with van der Waals surface area (Å²) >= 11 is 0. The van der Waals surface area contributed by atoms with Crippen LogP contribution in [-0.4, -0.2) is 37.2 Å². The molecule has 0 amide bonds. The van der Waals surface area contributed by atoms with Gasteiger partial charge < -0.3 is 9.64 Å². The van der Waals surface area contributed by atoms with E-state index in [1.54, 1.807) is 6.08 Å². The van der Waals surface area contributed by atoms with Gasteiger partial charge in [0.2, 0.25) is 6.08 Å². The van der Waals surface area contributed by atoms with E-state index in [1.165, 1.54) is 0 Å². The third-order valence-electron chi connectivity index (χ3n) is 4.32. The smallest absolute Gasteiger partial charge is 0.235 e. The van der Waals surface area contributed by atoms with E-state index < -0.39 is 0 Å². The lowest BCUT2D eigenvalue weighted by molar-refractivity contribution is 0.114. The maximum atomic E-state index is 10.5. The molecule has 1 saturated heterocycles. The molecule has 1 aromatic rings. The van der Waals surface area contributed by atoms with Gasteiger partial charge in [0.05, 0.1) is 5.54 Å². The highest BCUT2D eigenvalue weighted by Crippen LogP contribution is 2.49. The summed E-state index contributed by atoms with van der Waals surface area (Å²) in [6.45, 7) is 2.17. The molecule has 0 spiro atoms. The first-order chi connectivity index (χ1) is 9.72. The van der Waals surface area contributed by atoms with Crippen LogP contribution in [0.2, 0.25) is 0 Å². The Morgan fingerprint density at radius 1 is 1.35 bits per heavy atom. The Balaban J connectivity index is 1.70. The lowest BCUT2D eigenvalue weighted by Gasteiger charge is -2.29. The van der Waals surface area contributed by atoms with Gasteiger partial charge in [-0.25, -0.2) is 4.79 Å². The van der Waals surface area contributed by atoms with Crippen molar-refractivity contribution in [1.82, 2.24) is 4.90 Å². The van der Waals surface area contributed by atoms with Crippen LogP contribution in [0.1, 0.15) is 31.2 Å². The Kier molecular flexibility index (Phi) is 3.60. The van der Waals surface area contributed by atoms with Crippen molar-refractivity contribution in [1.29, 1.82) is 0 Å². The molecule has 0 bridgehead atoms. The second-order valence-corrected chi connectivity index (χ2v) is 5.88. The second kappa shape index (κ2) is 5.39. The zero-order chi connectivity index (χ0) is 14.0. The summed E-state index contributed by atoms with van der Waals surface area (Å²) in [6.07, 6.45) is 6.00. The molecule has 3 rings (SSSR count). The molecular weight excluding hydrogens is 252 g/mol. The Labute approximate surface area is 119 Å². The van der Waals surface area contributed by atoms with Crippen LogP contribution in [0.3, 0.4) is 0 Å². The van der Waals surface area contributed by atoms with Gasteiger partial charge in [0.1, 0.15) is 11.9 Å². The van der Waals surface area contributed by atoms with Crippen molar-refractivity contribution in [3.63, 3.8) is 0 Å². The van der Waals surface area contributed by atoms with Crippen LogP contribution < -0.4 is 4.74 Å². The van der Waals surface area contributed by atoms with Crippen molar-refractivity contribution in [2.75, 3.05) is 20.1 Å². The van der Waals surface area contributed by atoms with Crippen LogP contribution in [0.25, 0.3) is 0 Å². The maximum Gasteiger partial charge on any atom is 0.235 e. The second-order valence-electron chi connectivity index (χ2n) is 5.88. The van der Waals surface area contributed by atoms with E-state index >= 15 is 0 Å². The van der Waals surface area contributed by atoms with Crippen LogP contribution >= 0.6 is 0 Å². The van der Waals surface area contributed by atoms with Crippen LogP contribution in [0.4, 0.5) is 0 Å². The molecule has 1 aliphatic heterocycles. The molecule has 0 N–H and O–H groups in total. The number of hydrogen-bond donors (Lipinski definition) is 0. The van der Waals surface area contributed by atoms with Crippen molar-refractivity contribution in [3.05, 3.63) is 29.8 Å². The number of likely N-dealkylation sites (tertiary alicyclic amines) is 1. The van der Waals surface area contributed by atoms with E-state index in [1.807, 2.05) is 24.3 Å². The van der Waals surface area contributed by atoms with Crippen molar-refractivity contribution in [2.24, 2.45) is 4.99 Å². The molecule has 2 aliphatic rings. The molecule has 106 valence electrons. The van der Waals surface area contributed by atoms with Gasteiger partial charge >= 0.3 is 0 Å². The third kappa shape index (κ3) is 2.77. The highest BCUT2D eigenvalue weighted by atomic mass is 16.5. The minimum atomic E-state index is -0.312. The van der Waals surface area contributed by atoms with Gasteiger partial charge in [-0.2, -0.15) is 4.99 Å². The van der Waals surface area contributed by atoms with Gasteiger partial charge in [-0.05, 0) is 50.4 Å². The Morgan fingerprint density at radius 2 is 2.10 bits per heavy atom. The summed E-state index contributed by atoms with van der Waals surface area (Å²) in [4.78, 5) is 16.8. The summed E-state index contributed by atoms with van der Waals surface area (Å²) < 4.78 is 6.08. The molecule has 0 radical (unpaired) electrons. The van der Waals surface area contributed by atoms with Gasteiger partial charge in [0, 0.05) is 13.1 Å². The largest absolute Gasteiger partial charge is 0.490 e. The third-order valence-corrected chi connectivity index (χ3v) is 4.32. The van der Waals surface area contributed by atoms with Crippen LogP contribution in [0.5, 0.6) is 5.75 Å². The van der Waals surface area contributed by atoms with Gasteiger partial charge in [-0.3, -0.25) is 0 Å². The first-order valence-electron chi connectivity index (χ1n) is 7.27. The monoisotopic (exact) mass is 272 g/mol. The average molecular weight is 272 g/mol. The van der Waals surface area contributed by atoms with E-state index in [4.69, 9.17) is 4.74 Å². The van der Waals surface area contributed by atoms with E-state index in [0.29, 0.717) is 6.10 Å². The van der Waals surface area contributed by atoms with Gasteiger partial charge in [-0.1, -0.05) is 12.1 Å². The number of carbonyl (C=O) groups excluding carboxylic acids is 1. The number of isocyanates is 1. The first kappa shape index (κ1) is 13.3. The predicted octanol–water partition coefficient (Wildman–Crippen LogP) is 2.48. The highest BCUT2D eigenvalue weighted by Gasteiger charge is 2.45. The van der Waals surface area contributed by atoms with Crippen LogP contribution in [0, 0.1) is 0 Å². The quantitative estimate of drug-likeness (QED) is 0.624. The predicted molar refractivity (Wildman–Crippen MR) is 76.6 cm³/mol. The van der Waals surface area contributed by atoms with E-state index in [0.717, 1.165) is 50.1 Å². The molecule has 1 aliphatic carbocycles. The first-order valence-corrected chi connectivity index (χ1v) is 7.27. The molecule has 2 fully saturated rings. The van der Waals surface area contributed by atoms with Crippen LogP contribution in [0.15, 0.2) is 29.3 Å². The molecule has 4 nitrogen and oxygen atoms in total. The number of hydrogen-bond acceptors (Lipinski definition) is 4. The van der Waals surface area contributed by atoms with Crippen LogP contribution in [-0.2, 0) is 10.3 Å². The fourth-order valence-electron chi connectivity index (χ4n) is 2.82. The SMILES string of the molecule is CN1CCC(Oc2cccc(C3(N=C=O)CC3)c2)CC1. The normalized spacial score (nSPS) is 22.1. The highest BCUT2D eigenvalue weighted by molar-refractivity contribution is 5.43. The topological polar surface area (TPSA) is 41.9 Å². The van der Waals surface area contributed by atoms with E-state index in [-0.39, 0.29) is 5.54 Å². The van der Waals surface area contributed by atoms with Crippen molar-refractivity contribution in [2.45, 2.75) is 37.3 Å². The molecule has 1 heterocycles. The molecule has 0 atom stereocenters. The molecule has 1 aromatic carbocycles. The molecule has 20 heavy (non-hydrogen) atoms. The van der Waals surface area contributed by atoms with Gasteiger partial charge in [0.25, 0.3) is 0 Å². The Hall–Kier alpha value is -1.64. The Morgan fingerprint density at radius 3 is 2.75 bits per heavy atom. The summed E-state index contributed by atoms with van der Waals surface area (Å²) in [5.41, 5.74) is 0.764. The van der Waals surface area contributed by atoms with Crippen molar-refractivity contribution in [3.8, 4) is 5.75 Å². The lowest BCUT2D eigenvalue weighted by Crippen LogP contribution is -2.35. The fourth-order valence-corrected chi connectivity index (χ4v) is 2.82. The van der Waals surface area contributed by atoms with Gasteiger partial charge in [0.15, 0.2) is 0 Å². The van der Waals surface area contributed by atoms with E-state index in [2.05, 4.69) is 16.9 Å². The van der Waals surface area contributed by atoms with Crippen molar-refractivity contribution >= 4 is 6.08 Å². The van der Waals surface area contributed by atoms with E-state index in [9.17, 15) is 4.79 Å². The molecule has 0 unspecified atom stereocenters. The number of rotatable bonds is 4. The van der Waals surface area contributed by atoms with Crippen molar-refractivity contribution < 1.29 is 9.53 Å². The summed E-state index contributed by atoms with van der Waals surface area (Å²) in [7, 11) is 2.14. The maximum absolute atomic E-state index is 10.5. The summed E-state index contributed by atoms with van der Waals surface area (Å²) in [5, 5.41) is 0. The number of nitrogens with zero attached hydrogens (tertiary/aromatic N) is 2. The molecule has 1 saturated carbocycles. The minimum Gasteiger partial charge on any atom is -0.490 e. The zero-order valence-corrected chi connectivity index (χ0v) is 11.8. The average Bonchev–Trinajstić information content (AvgIpc) is 3.23. The van der Waals surface area contributed by atoms with Gasteiger partial charge in [-0.15, -0.1) is 0 Å². The lowest BCUT2D eigenvalue weighted by atomic mass is 10.0. The zero-order valence-electron chi connectivity index (χ0n) is 11.8. The Bertz CT molecular complexity index is 525. The number of aliphatic imine (C=N–C) groups is 1. The fraction of sp³-hybridized carbons (Fsp3) is 0.562. The number of piperidine rings is 1.